The zero-order chi connectivity index (χ0) is 12.0. The summed E-state index contributed by atoms with van der Waals surface area (Å²) in [6, 6.07) is 4.09. The van der Waals surface area contributed by atoms with Gasteiger partial charge < -0.3 is 9.47 Å². The normalized spacial score (nSPS) is 10.2. The van der Waals surface area contributed by atoms with E-state index in [-0.39, 0.29) is 0 Å². The SMILES string of the molecule is CCCCCOc1cc(C)c(OC)cc1C. The van der Waals surface area contributed by atoms with E-state index in [0.717, 1.165) is 35.7 Å². The van der Waals surface area contributed by atoms with E-state index in [0.29, 0.717) is 0 Å². The van der Waals surface area contributed by atoms with Crippen molar-refractivity contribution in [3.05, 3.63) is 23.3 Å². The summed E-state index contributed by atoms with van der Waals surface area (Å²) in [6.07, 6.45) is 3.58. The number of aryl methyl sites for hydroxylation is 2. The second-order valence-corrected chi connectivity index (χ2v) is 4.14. The van der Waals surface area contributed by atoms with Gasteiger partial charge in [-0.15, -0.1) is 0 Å². The van der Waals surface area contributed by atoms with E-state index >= 15 is 0 Å². The first-order valence-corrected chi connectivity index (χ1v) is 5.97. The molecule has 0 radical (unpaired) electrons. The maximum absolute atomic E-state index is 5.76. The molecule has 0 fully saturated rings. The molecule has 0 N–H and O–H groups in total. The number of hydrogen-bond donors (Lipinski definition) is 0. The van der Waals surface area contributed by atoms with Crippen LogP contribution >= 0.6 is 0 Å². The molecule has 0 aliphatic rings. The summed E-state index contributed by atoms with van der Waals surface area (Å²) >= 11 is 0. The number of rotatable bonds is 6. The Bertz CT molecular complexity index is 332. The molecular formula is C14H22O2. The molecule has 0 aliphatic carbocycles. The number of hydrogen-bond acceptors (Lipinski definition) is 2. The van der Waals surface area contributed by atoms with Gasteiger partial charge in [-0.25, -0.2) is 0 Å². The number of unbranched alkanes of at least 4 members (excludes halogenated alkanes) is 2. The van der Waals surface area contributed by atoms with E-state index in [1.165, 1.54) is 12.8 Å². The number of methoxy groups -OCH3 is 1. The van der Waals surface area contributed by atoms with Crippen molar-refractivity contribution in [2.75, 3.05) is 13.7 Å². The Kier molecular flexibility index (Phi) is 5.17. The topological polar surface area (TPSA) is 18.5 Å². The minimum absolute atomic E-state index is 0.806. The minimum atomic E-state index is 0.806. The minimum Gasteiger partial charge on any atom is -0.496 e. The Morgan fingerprint density at radius 1 is 1.00 bits per heavy atom. The average molecular weight is 222 g/mol. The van der Waals surface area contributed by atoms with Gasteiger partial charge in [0.05, 0.1) is 13.7 Å². The molecule has 0 atom stereocenters. The quantitative estimate of drug-likeness (QED) is 0.680. The summed E-state index contributed by atoms with van der Waals surface area (Å²) in [5, 5.41) is 0. The van der Waals surface area contributed by atoms with Crippen molar-refractivity contribution < 1.29 is 9.47 Å². The Balaban J connectivity index is 2.63. The predicted octanol–water partition coefficient (Wildman–Crippen LogP) is 3.88. The van der Waals surface area contributed by atoms with Crippen LogP contribution < -0.4 is 9.47 Å². The van der Waals surface area contributed by atoms with Gasteiger partial charge in [-0.2, -0.15) is 0 Å². The van der Waals surface area contributed by atoms with Crippen LogP contribution in [0.3, 0.4) is 0 Å². The standard InChI is InChI=1S/C14H22O2/c1-5-6-7-8-16-14-10-11(2)13(15-4)9-12(14)3/h9-10H,5-8H2,1-4H3. The van der Waals surface area contributed by atoms with Crippen LogP contribution in [-0.4, -0.2) is 13.7 Å². The zero-order valence-corrected chi connectivity index (χ0v) is 10.8. The van der Waals surface area contributed by atoms with Crippen LogP contribution in [0.5, 0.6) is 11.5 Å². The van der Waals surface area contributed by atoms with E-state index in [4.69, 9.17) is 9.47 Å². The molecule has 0 spiro atoms. The van der Waals surface area contributed by atoms with E-state index in [1.807, 2.05) is 13.0 Å². The molecule has 1 rings (SSSR count). The van der Waals surface area contributed by atoms with Crippen LogP contribution in [0, 0.1) is 13.8 Å². The molecule has 0 unspecified atom stereocenters. The fourth-order valence-electron chi connectivity index (χ4n) is 1.67. The summed E-state index contributed by atoms with van der Waals surface area (Å²) in [7, 11) is 1.70. The van der Waals surface area contributed by atoms with Gasteiger partial charge in [-0.1, -0.05) is 19.8 Å². The van der Waals surface area contributed by atoms with Gasteiger partial charge in [0.15, 0.2) is 0 Å². The fraction of sp³-hybridized carbons (Fsp3) is 0.571. The third-order valence-electron chi connectivity index (χ3n) is 2.70. The van der Waals surface area contributed by atoms with Crippen LogP contribution in [0.1, 0.15) is 37.3 Å². The summed E-state index contributed by atoms with van der Waals surface area (Å²) in [4.78, 5) is 0. The van der Waals surface area contributed by atoms with E-state index < -0.39 is 0 Å². The molecule has 0 aromatic heterocycles. The molecule has 2 heteroatoms. The second kappa shape index (κ2) is 6.41. The van der Waals surface area contributed by atoms with E-state index in [2.05, 4.69) is 19.9 Å². The van der Waals surface area contributed by atoms with E-state index in [9.17, 15) is 0 Å². The molecule has 0 saturated heterocycles. The highest BCUT2D eigenvalue weighted by atomic mass is 16.5. The Hall–Kier alpha value is -1.18. The summed E-state index contributed by atoms with van der Waals surface area (Å²) in [6.45, 7) is 7.09. The van der Waals surface area contributed by atoms with Crippen molar-refractivity contribution in [2.45, 2.75) is 40.0 Å². The van der Waals surface area contributed by atoms with E-state index in [1.54, 1.807) is 7.11 Å². The third-order valence-corrected chi connectivity index (χ3v) is 2.70. The Morgan fingerprint density at radius 3 is 2.25 bits per heavy atom. The second-order valence-electron chi connectivity index (χ2n) is 4.14. The van der Waals surface area contributed by atoms with Crippen LogP contribution in [0.25, 0.3) is 0 Å². The molecule has 16 heavy (non-hydrogen) atoms. The molecule has 1 aromatic carbocycles. The summed E-state index contributed by atoms with van der Waals surface area (Å²) in [5.41, 5.74) is 2.26. The maximum atomic E-state index is 5.76. The van der Waals surface area contributed by atoms with Gasteiger partial charge in [-0.05, 0) is 43.5 Å². The van der Waals surface area contributed by atoms with Crippen molar-refractivity contribution >= 4 is 0 Å². The molecule has 0 bridgehead atoms. The fourth-order valence-corrected chi connectivity index (χ4v) is 1.67. The highest BCUT2D eigenvalue weighted by Crippen LogP contribution is 2.27. The van der Waals surface area contributed by atoms with Crippen LogP contribution in [0.2, 0.25) is 0 Å². The van der Waals surface area contributed by atoms with Gasteiger partial charge in [-0.3, -0.25) is 0 Å². The lowest BCUT2D eigenvalue weighted by atomic mass is 10.1. The average Bonchev–Trinajstić information content (AvgIpc) is 2.28. The van der Waals surface area contributed by atoms with Crippen molar-refractivity contribution in [3.8, 4) is 11.5 Å². The highest BCUT2D eigenvalue weighted by Gasteiger charge is 2.05. The Morgan fingerprint density at radius 2 is 1.62 bits per heavy atom. The molecular weight excluding hydrogens is 200 g/mol. The number of benzene rings is 1. The van der Waals surface area contributed by atoms with Crippen molar-refractivity contribution in [1.82, 2.24) is 0 Å². The lowest BCUT2D eigenvalue weighted by Crippen LogP contribution is -2.00. The molecule has 2 nitrogen and oxygen atoms in total. The predicted molar refractivity (Wildman–Crippen MR) is 67.5 cm³/mol. The zero-order valence-electron chi connectivity index (χ0n) is 10.8. The first-order valence-electron chi connectivity index (χ1n) is 5.97. The lowest BCUT2D eigenvalue weighted by molar-refractivity contribution is 0.303. The first kappa shape index (κ1) is 12.9. The van der Waals surface area contributed by atoms with Crippen LogP contribution in [0.4, 0.5) is 0 Å². The van der Waals surface area contributed by atoms with Crippen molar-refractivity contribution in [3.63, 3.8) is 0 Å². The molecule has 0 saturated carbocycles. The van der Waals surface area contributed by atoms with Crippen molar-refractivity contribution in [2.24, 2.45) is 0 Å². The molecule has 0 heterocycles. The lowest BCUT2D eigenvalue weighted by Gasteiger charge is -2.12. The Labute approximate surface area is 98.6 Å². The first-order chi connectivity index (χ1) is 7.69. The number of ether oxygens (including phenoxy) is 2. The highest BCUT2D eigenvalue weighted by molar-refractivity contribution is 5.45. The summed E-state index contributed by atoms with van der Waals surface area (Å²) < 4.78 is 11.0. The third kappa shape index (κ3) is 3.44. The van der Waals surface area contributed by atoms with Gasteiger partial charge in [0.25, 0.3) is 0 Å². The molecule has 90 valence electrons. The summed E-state index contributed by atoms with van der Waals surface area (Å²) in [5.74, 6) is 1.91. The molecule has 0 aliphatic heterocycles. The smallest absolute Gasteiger partial charge is 0.122 e. The van der Waals surface area contributed by atoms with Gasteiger partial charge in [0.1, 0.15) is 11.5 Å². The van der Waals surface area contributed by atoms with Gasteiger partial charge in [0.2, 0.25) is 0 Å². The van der Waals surface area contributed by atoms with Crippen LogP contribution in [0.15, 0.2) is 12.1 Å². The molecule has 1 aromatic rings. The van der Waals surface area contributed by atoms with Crippen molar-refractivity contribution in [1.29, 1.82) is 0 Å². The molecule has 0 amide bonds. The van der Waals surface area contributed by atoms with Gasteiger partial charge in [0, 0.05) is 0 Å². The maximum Gasteiger partial charge on any atom is 0.122 e. The van der Waals surface area contributed by atoms with Gasteiger partial charge >= 0.3 is 0 Å². The monoisotopic (exact) mass is 222 g/mol. The largest absolute Gasteiger partial charge is 0.496 e. The van der Waals surface area contributed by atoms with Crippen LogP contribution in [-0.2, 0) is 0 Å².